The van der Waals surface area contributed by atoms with E-state index in [0.29, 0.717) is 24.1 Å². The van der Waals surface area contributed by atoms with Crippen LogP contribution in [-0.4, -0.2) is 18.1 Å². The van der Waals surface area contributed by atoms with Crippen molar-refractivity contribution in [2.75, 3.05) is 7.11 Å². The van der Waals surface area contributed by atoms with Crippen molar-refractivity contribution in [3.63, 3.8) is 0 Å². The molecule has 1 aromatic carbocycles. The van der Waals surface area contributed by atoms with Gasteiger partial charge >= 0.3 is 0 Å². The van der Waals surface area contributed by atoms with Crippen LogP contribution in [0.25, 0.3) is 0 Å². The minimum Gasteiger partial charge on any atom is -0.504 e. The van der Waals surface area contributed by atoms with Crippen LogP contribution in [0.1, 0.15) is 103 Å². The van der Waals surface area contributed by atoms with Crippen molar-refractivity contribution in [2.45, 2.75) is 104 Å². The molecule has 0 atom stereocenters. The van der Waals surface area contributed by atoms with Gasteiger partial charge in [0.1, 0.15) is 0 Å². The molecular weight excluding hydrogens is 458 g/mol. The molecule has 0 saturated heterocycles. The number of amides is 1. The third-order valence-electron chi connectivity index (χ3n) is 6.32. The Kier molecular flexibility index (Phi) is 17.7. The molecule has 206 valence electrons. The van der Waals surface area contributed by atoms with Crippen LogP contribution >= 0.6 is 0 Å². The molecule has 0 aromatic heterocycles. The zero-order chi connectivity index (χ0) is 27.2. The van der Waals surface area contributed by atoms with Gasteiger partial charge in [0.05, 0.1) is 7.11 Å². The number of hydrogen-bond acceptors (Lipinski definition) is 3. The first-order valence-corrected chi connectivity index (χ1v) is 14.1. The Morgan fingerprint density at radius 3 is 2.24 bits per heavy atom. The first-order chi connectivity index (χ1) is 17.9. The number of ether oxygens (including phenoxy) is 1. The monoisotopic (exact) mass is 509 g/mol. The molecule has 0 radical (unpaired) electrons. The van der Waals surface area contributed by atoms with Gasteiger partial charge in [-0.2, -0.15) is 0 Å². The Labute approximate surface area is 226 Å². The standard InChI is InChI=1S/C33H51NO3/c1-5-6-7-17-20-25-33(2,3)26-21-18-15-13-11-9-8-10-12-14-16-19-22-32(36)34-28-29-23-24-30(35)31(27-29)37-4/h8-9,12-15,21,23-24,26-27,35H,5-7,10-11,16-20,22,25,28H2,1-4H3,(H,34,36)/b9-8-,14-12-,15-13-,26-21-. The van der Waals surface area contributed by atoms with Gasteiger partial charge in [-0.05, 0) is 61.6 Å². The van der Waals surface area contributed by atoms with Crippen LogP contribution in [-0.2, 0) is 11.3 Å². The number of unbranched alkanes of at least 4 members (excludes halogenated alkanes) is 5. The molecule has 0 bridgehead atoms. The molecule has 0 heterocycles. The van der Waals surface area contributed by atoms with Crippen LogP contribution in [0, 0.1) is 5.41 Å². The SMILES string of the molecule is CCCCCCCC(C)(C)/C=C\C/C=C\C/C=C\C/C=C\CCCC(=O)NCc1ccc(O)c(OC)c1. The molecule has 4 heteroatoms. The summed E-state index contributed by atoms with van der Waals surface area (Å²) in [6.45, 7) is 7.38. The van der Waals surface area contributed by atoms with Crippen LogP contribution in [0.15, 0.2) is 66.8 Å². The summed E-state index contributed by atoms with van der Waals surface area (Å²) in [4.78, 5) is 12.0. The highest BCUT2D eigenvalue weighted by Crippen LogP contribution is 2.27. The van der Waals surface area contributed by atoms with Gasteiger partial charge < -0.3 is 15.2 Å². The Morgan fingerprint density at radius 1 is 0.919 bits per heavy atom. The maximum absolute atomic E-state index is 12.0. The molecule has 1 aromatic rings. The molecule has 37 heavy (non-hydrogen) atoms. The lowest BCUT2D eigenvalue weighted by atomic mass is 9.86. The van der Waals surface area contributed by atoms with Crippen molar-refractivity contribution in [3.05, 3.63) is 72.4 Å². The van der Waals surface area contributed by atoms with Gasteiger partial charge in [-0.25, -0.2) is 0 Å². The number of nitrogens with one attached hydrogen (secondary N) is 1. The van der Waals surface area contributed by atoms with Crippen molar-refractivity contribution in [1.29, 1.82) is 0 Å². The summed E-state index contributed by atoms with van der Waals surface area (Å²) in [5, 5.41) is 12.5. The summed E-state index contributed by atoms with van der Waals surface area (Å²) < 4.78 is 5.09. The second kappa shape index (κ2) is 20.3. The minimum absolute atomic E-state index is 0.0351. The quantitative estimate of drug-likeness (QED) is 0.136. The Balaban J connectivity index is 2.06. The number of carbonyl (C=O) groups excluding carboxylic acids is 1. The van der Waals surface area contributed by atoms with Crippen LogP contribution < -0.4 is 10.1 Å². The van der Waals surface area contributed by atoms with E-state index in [1.165, 1.54) is 45.6 Å². The number of methoxy groups -OCH3 is 1. The predicted molar refractivity (Wildman–Crippen MR) is 158 cm³/mol. The van der Waals surface area contributed by atoms with Gasteiger partial charge in [0.25, 0.3) is 0 Å². The molecule has 0 aliphatic heterocycles. The number of aromatic hydroxyl groups is 1. The number of hydrogen-bond donors (Lipinski definition) is 2. The van der Waals surface area contributed by atoms with Gasteiger partial charge in [0.2, 0.25) is 5.91 Å². The molecule has 0 saturated carbocycles. The van der Waals surface area contributed by atoms with Crippen molar-refractivity contribution in [3.8, 4) is 11.5 Å². The van der Waals surface area contributed by atoms with Crippen LogP contribution in [0.2, 0.25) is 0 Å². The second-order valence-corrected chi connectivity index (χ2v) is 10.4. The summed E-state index contributed by atoms with van der Waals surface area (Å²) in [7, 11) is 1.51. The highest BCUT2D eigenvalue weighted by atomic mass is 16.5. The van der Waals surface area contributed by atoms with E-state index in [0.717, 1.165) is 37.7 Å². The first-order valence-electron chi connectivity index (χ1n) is 14.1. The fraction of sp³-hybridized carbons (Fsp3) is 0.545. The van der Waals surface area contributed by atoms with Crippen LogP contribution in [0.4, 0.5) is 0 Å². The topological polar surface area (TPSA) is 58.6 Å². The number of benzene rings is 1. The molecule has 2 N–H and O–H groups in total. The molecule has 0 spiro atoms. The van der Waals surface area contributed by atoms with Crippen molar-refractivity contribution in [1.82, 2.24) is 5.32 Å². The molecule has 1 amide bonds. The van der Waals surface area contributed by atoms with Gasteiger partial charge in [-0.1, -0.05) is 108 Å². The fourth-order valence-electron chi connectivity index (χ4n) is 3.99. The van der Waals surface area contributed by atoms with E-state index < -0.39 is 0 Å². The Bertz CT molecular complexity index is 864. The highest BCUT2D eigenvalue weighted by Gasteiger charge is 2.12. The minimum atomic E-state index is 0.0351. The van der Waals surface area contributed by atoms with Crippen molar-refractivity contribution in [2.24, 2.45) is 5.41 Å². The maximum Gasteiger partial charge on any atom is 0.220 e. The summed E-state index contributed by atoms with van der Waals surface area (Å²) in [6.07, 6.45) is 31.0. The largest absolute Gasteiger partial charge is 0.504 e. The van der Waals surface area contributed by atoms with E-state index in [2.05, 4.69) is 74.7 Å². The zero-order valence-electron chi connectivity index (χ0n) is 23.8. The zero-order valence-corrected chi connectivity index (χ0v) is 23.8. The normalized spacial score (nSPS) is 12.4. The van der Waals surface area contributed by atoms with Crippen LogP contribution in [0.3, 0.4) is 0 Å². The average molecular weight is 510 g/mol. The van der Waals surface area contributed by atoms with E-state index in [-0.39, 0.29) is 11.7 Å². The predicted octanol–water partition coefficient (Wildman–Crippen LogP) is 8.97. The summed E-state index contributed by atoms with van der Waals surface area (Å²) in [5.74, 6) is 0.548. The summed E-state index contributed by atoms with van der Waals surface area (Å²) >= 11 is 0. The Morgan fingerprint density at radius 2 is 1.57 bits per heavy atom. The Hall–Kier alpha value is -2.75. The number of phenols is 1. The molecule has 0 aliphatic carbocycles. The molecule has 0 aliphatic rings. The van der Waals surface area contributed by atoms with E-state index in [1.807, 2.05) is 0 Å². The third-order valence-corrected chi connectivity index (χ3v) is 6.32. The molecule has 0 fully saturated rings. The maximum atomic E-state index is 12.0. The lowest BCUT2D eigenvalue weighted by Crippen LogP contribution is -2.22. The molecule has 0 unspecified atom stereocenters. The number of phenolic OH excluding ortho intramolecular Hbond substituents is 1. The summed E-state index contributed by atoms with van der Waals surface area (Å²) in [6, 6.07) is 5.09. The van der Waals surface area contributed by atoms with E-state index in [1.54, 1.807) is 18.2 Å². The lowest BCUT2D eigenvalue weighted by Gasteiger charge is -2.19. The summed E-state index contributed by atoms with van der Waals surface area (Å²) in [5.41, 5.74) is 1.20. The lowest BCUT2D eigenvalue weighted by molar-refractivity contribution is -0.121. The average Bonchev–Trinajstić information content (AvgIpc) is 2.88. The van der Waals surface area contributed by atoms with Gasteiger partial charge in [-0.3, -0.25) is 4.79 Å². The van der Waals surface area contributed by atoms with Crippen molar-refractivity contribution < 1.29 is 14.6 Å². The molecule has 1 rings (SSSR count). The highest BCUT2D eigenvalue weighted by molar-refractivity contribution is 5.75. The number of carbonyl (C=O) groups is 1. The van der Waals surface area contributed by atoms with E-state index >= 15 is 0 Å². The fourth-order valence-corrected chi connectivity index (χ4v) is 3.99. The van der Waals surface area contributed by atoms with E-state index in [9.17, 15) is 9.90 Å². The smallest absolute Gasteiger partial charge is 0.220 e. The molecular formula is C33H51NO3. The number of allylic oxidation sites excluding steroid dienone is 8. The van der Waals surface area contributed by atoms with Crippen LogP contribution in [0.5, 0.6) is 11.5 Å². The first kappa shape index (κ1) is 32.3. The van der Waals surface area contributed by atoms with E-state index in [4.69, 9.17) is 4.74 Å². The second-order valence-electron chi connectivity index (χ2n) is 10.4. The number of rotatable bonds is 20. The van der Waals surface area contributed by atoms with Gasteiger partial charge in [-0.15, -0.1) is 0 Å². The van der Waals surface area contributed by atoms with Crippen molar-refractivity contribution >= 4 is 5.91 Å². The van der Waals surface area contributed by atoms with Gasteiger partial charge in [0.15, 0.2) is 11.5 Å². The third kappa shape index (κ3) is 17.4. The molecule has 4 nitrogen and oxygen atoms in total. The van der Waals surface area contributed by atoms with Gasteiger partial charge in [0, 0.05) is 13.0 Å².